The van der Waals surface area contributed by atoms with Crippen molar-refractivity contribution in [1.29, 1.82) is 0 Å². The maximum absolute atomic E-state index is 13.7. The van der Waals surface area contributed by atoms with Crippen LogP contribution in [0.4, 0.5) is 4.39 Å². The normalized spacial score (nSPS) is 12.5. The highest BCUT2D eigenvalue weighted by atomic mass is 19.1. The smallest absolute Gasteiger partial charge is 0.165 e. The van der Waals surface area contributed by atoms with E-state index in [1.165, 1.54) is 13.2 Å². The van der Waals surface area contributed by atoms with E-state index in [4.69, 9.17) is 10.5 Å². The Morgan fingerprint density at radius 2 is 2.10 bits per heavy atom. The molecule has 1 atom stereocenters. The Labute approximate surface area is 121 Å². The second kappa shape index (κ2) is 5.54. The molecule has 0 aliphatic carbocycles. The molecule has 21 heavy (non-hydrogen) atoms. The van der Waals surface area contributed by atoms with E-state index in [1.807, 2.05) is 30.3 Å². The first kappa shape index (κ1) is 13.6. The Morgan fingerprint density at radius 3 is 2.81 bits per heavy atom. The predicted octanol–water partition coefficient (Wildman–Crippen LogP) is 2.95. The summed E-state index contributed by atoms with van der Waals surface area (Å²) >= 11 is 0. The molecular weight excluding hydrogens is 269 g/mol. The molecule has 0 bridgehead atoms. The third-order valence-electron chi connectivity index (χ3n) is 3.43. The molecule has 1 aromatic heterocycles. The highest BCUT2D eigenvalue weighted by Gasteiger charge is 2.13. The first-order chi connectivity index (χ1) is 10.2. The zero-order chi connectivity index (χ0) is 14.8. The van der Waals surface area contributed by atoms with Gasteiger partial charge in [0.05, 0.1) is 24.2 Å². The average Bonchev–Trinajstić information content (AvgIpc) is 2.91. The quantitative estimate of drug-likeness (QED) is 0.774. The Hall–Kier alpha value is -2.40. The number of H-pyrrole nitrogens is 1. The summed E-state index contributed by atoms with van der Waals surface area (Å²) in [7, 11) is 1.44. The molecule has 1 heterocycles. The van der Waals surface area contributed by atoms with E-state index in [0.717, 1.165) is 16.6 Å². The molecule has 4 nitrogen and oxygen atoms in total. The zero-order valence-electron chi connectivity index (χ0n) is 11.6. The van der Waals surface area contributed by atoms with E-state index < -0.39 is 0 Å². The van der Waals surface area contributed by atoms with Gasteiger partial charge in [0.25, 0.3) is 0 Å². The molecule has 3 rings (SSSR count). The van der Waals surface area contributed by atoms with Crippen LogP contribution in [0.25, 0.3) is 11.0 Å². The van der Waals surface area contributed by atoms with Crippen molar-refractivity contribution in [3.8, 4) is 5.75 Å². The van der Waals surface area contributed by atoms with Gasteiger partial charge >= 0.3 is 0 Å². The third-order valence-corrected chi connectivity index (χ3v) is 3.43. The number of methoxy groups -OCH3 is 1. The number of benzene rings is 2. The molecule has 108 valence electrons. The summed E-state index contributed by atoms with van der Waals surface area (Å²) < 4.78 is 18.6. The standard InChI is InChI=1S/C16H16FN3O/c1-21-15-7-6-10(8-11(15)17)9-12(18)16-19-13-4-2-3-5-14(13)20-16/h2-8,12H,9,18H2,1H3,(H,19,20). The molecule has 0 fully saturated rings. The van der Waals surface area contributed by atoms with Gasteiger partial charge in [0.2, 0.25) is 0 Å². The Balaban J connectivity index is 1.82. The summed E-state index contributed by atoms with van der Waals surface area (Å²) in [5.74, 6) is 0.551. The Morgan fingerprint density at radius 1 is 1.29 bits per heavy atom. The Bertz CT molecular complexity index is 736. The van der Waals surface area contributed by atoms with Crippen LogP contribution in [0, 0.1) is 5.82 Å². The zero-order valence-corrected chi connectivity index (χ0v) is 11.6. The van der Waals surface area contributed by atoms with E-state index >= 15 is 0 Å². The van der Waals surface area contributed by atoms with Crippen molar-refractivity contribution in [3.05, 3.63) is 59.7 Å². The monoisotopic (exact) mass is 285 g/mol. The van der Waals surface area contributed by atoms with Gasteiger partial charge in [0, 0.05) is 0 Å². The van der Waals surface area contributed by atoms with E-state index in [-0.39, 0.29) is 17.6 Å². The van der Waals surface area contributed by atoms with Gasteiger partial charge in [0.15, 0.2) is 11.6 Å². The second-order valence-electron chi connectivity index (χ2n) is 4.92. The average molecular weight is 285 g/mol. The summed E-state index contributed by atoms with van der Waals surface area (Å²) in [6.07, 6.45) is 0.501. The van der Waals surface area contributed by atoms with Crippen molar-refractivity contribution >= 4 is 11.0 Å². The molecular formula is C16H16FN3O. The molecule has 0 radical (unpaired) electrons. The van der Waals surface area contributed by atoms with Gasteiger partial charge in [0.1, 0.15) is 5.82 Å². The summed E-state index contributed by atoms with van der Waals surface area (Å²) in [5.41, 5.74) is 8.80. The number of para-hydroxylation sites is 2. The molecule has 0 spiro atoms. The lowest BCUT2D eigenvalue weighted by Gasteiger charge is -2.10. The van der Waals surface area contributed by atoms with Gasteiger partial charge in [-0.3, -0.25) is 0 Å². The number of nitrogens with one attached hydrogen (secondary N) is 1. The molecule has 0 amide bonds. The van der Waals surface area contributed by atoms with Gasteiger partial charge in [-0.2, -0.15) is 0 Å². The molecule has 5 heteroatoms. The fourth-order valence-corrected chi connectivity index (χ4v) is 2.34. The van der Waals surface area contributed by atoms with Crippen molar-refractivity contribution in [1.82, 2.24) is 9.97 Å². The van der Waals surface area contributed by atoms with Crippen LogP contribution in [0.15, 0.2) is 42.5 Å². The van der Waals surface area contributed by atoms with Crippen LogP contribution >= 0.6 is 0 Å². The molecule has 0 saturated carbocycles. The van der Waals surface area contributed by atoms with Gasteiger partial charge in [-0.1, -0.05) is 18.2 Å². The molecule has 0 aliphatic rings. The van der Waals surface area contributed by atoms with Gasteiger partial charge in [-0.15, -0.1) is 0 Å². The number of aromatic amines is 1. The third kappa shape index (κ3) is 2.73. The number of nitrogens with two attached hydrogens (primary N) is 1. The molecule has 3 aromatic rings. The number of fused-ring (bicyclic) bond motifs is 1. The van der Waals surface area contributed by atoms with Crippen LogP contribution < -0.4 is 10.5 Å². The maximum atomic E-state index is 13.7. The molecule has 3 N–H and O–H groups in total. The SMILES string of the molecule is COc1ccc(CC(N)c2nc3ccccc3[nH]2)cc1F. The van der Waals surface area contributed by atoms with Crippen molar-refractivity contribution in [3.63, 3.8) is 0 Å². The largest absolute Gasteiger partial charge is 0.494 e. The number of rotatable bonds is 4. The predicted molar refractivity (Wildman–Crippen MR) is 79.7 cm³/mol. The van der Waals surface area contributed by atoms with Crippen LogP contribution in [0.2, 0.25) is 0 Å². The first-order valence-corrected chi connectivity index (χ1v) is 6.70. The van der Waals surface area contributed by atoms with Gasteiger partial charge in [-0.25, -0.2) is 9.37 Å². The highest BCUT2D eigenvalue weighted by molar-refractivity contribution is 5.74. The van der Waals surface area contributed by atoms with Crippen molar-refractivity contribution in [2.45, 2.75) is 12.5 Å². The Kier molecular flexibility index (Phi) is 3.58. The van der Waals surface area contributed by atoms with Crippen molar-refractivity contribution in [2.24, 2.45) is 5.73 Å². The van der Waals surface area contributed by atoms with Crippen molar-refractivity contribution in [2.75, 3.05) is 7.11 Å². The molecule has 0 saturated heterocycles. The number of ether oxygens (including phenoxy) is 1. The van der Waals surface area contributed by atoms with Gasteiger partial charge < -0.3 is 15.5 Å². The number of nitrogens with zero attached hydrogens (tertiary/aromatic N) is 1. The molecule has 1 unspecified atom stereocenters. The lowest BCUT2D eigenvalue weighted by molar-refractivity contribution is 0.386. The van der Waals surface area contributed by atoms with E-state index in [0.29, 0.717) is 12.2 Å². The number of aromatic nitrogens is 2. The van der Waals surface area contributed by atoms with E-state index in [1.54, 1.807) is 6.07 Å². The fourth-order valence-electron chi connectivity index (χ4n) is 2.34. The minimum atomic E-state index is -0.383. The lowest BCUT2D eigenvalue weighted by Crippen LogP contribution is -2.15. The van der Waals surface area contributed by atoms with E-state index in [2.05, 4.69) is 9.97 Å². The first-order valence-electron chi connectivity index (χ1n) is 6.70. The number of hydrogen-bond donors (Lipinski definition) is 2. The molecule has 2 aromatic carbocycles. The van der Waals surface area contributed by atoms with E-state index in [9.17, 15) is 4.39 Å². The molecule has 0 aliphatic heterocycles. The summed E-state index contributed by atoms with van der Waals surface area (Å²) in [4.78, 5) is 7.66. The maximum Gasteiger partial charge on any atom is 0.165 e. The summed E-state index contributed by atoms with van der Waals surface area (Å²) in [6.45, 7) is 0. The van der Waals surface area contributed by atoms with Crippen molar-refractivity contribution < 1.29 is 9.13 Å². The van der Waals surface area contributed by atoms with Crippen LogP contribution in [0.3, 0.4) is 0 Å². The minimum Gasteiger partial charge on any atom is -0.494 e. The summed E-state index contributed by atoms with van der Waals surface area (Å²) in [5, 5.41) is 0. The topological polar surface area (TPSA) is 63.9 Å². The minimum absolute atomic E-state index is 0.232. The fraction of sp³-hybridized carbons (Fsp3) is 0.188. The lowest BCUT2D eigenvalue weighted by atomic mass is 10.1. The van der Waals surface area contributed by atoms with Crippen LogP contribution in [-0.4, -0.2) is 17.1 Å². The van der Waals surface area contributed by atoms with Crippen LogP contribution in [0.5, 0.6) is 5.75 Å². The van der Waals surface area contributed by atoms with Crippen LogP contribution in [0.1, 0.15) is 17.4 Å². The number of imidazole rings is 1. The van der Waals surface area contributed by atoms with Crippen LogP contribution in [-0.2, 0) is 6.42 Å². The summed E-state index contributed by atoms with van der Waals surface area (Å²) in [6, 6.07) is 12.3. The highest BCUT2D eigenvalue weighted by Crippen LogP contribution is 2.22. The second-order valence-corrected chi connectivity index (χ2v) is 4.92. The number of halogens is 1. The number of hydrogen-bond acceptors (Lipinski definition) is 3. The van der Waals surface area contributed by atoms with Gasteiger partial charge in [-0.05, 0) is 36.2 Å².